The van der Waals surface area contributed by atoms with Gasteiger partial charge in [0.1, 0.15) is 0 Å². The van der Waals surface area contributed by atoms with Crippen LogP contribution in [0, 0.1) is 19.3 Å². The molecule has 4 nitrogen and oxygen atoms in total. The third-order valence-electron chi connectivity index (χ3n) is 10.0. The first-order valence-electron chi connectivity index (χ1n) is 16.6. The minimum Gasteiger partial charge on any atom is -0.341 e. The lowest BCUT2D eigenvalue weighted by Crippen LogP contribution is -2.48. The Morgan fingerprint density at radius 1 is 0.489 bits per heavy atom. The molecule has 0 atom stereocenters. The average molecular weight is 621 g/mol. The van der Waals surface area contributed by atoms with Crippen molar-refractivity contribution < 1.29 is 18.9 Å². The molecule has 0 saturated carbocycles. The van der Waals surface area contributed by atoms with E-state index in [1.807, 2.05) is 24.3 Å². The number of hydrogen-bond donors (Lipinski definition) is 0. The van der Waals surface area contributed by atoms with Crippen LogP contribution in [0.2, 0.25) is 0 Å². The molecule has 0 unspecified atom stereocenters. The Balaban J connectivity index is 1.18. The second kappa shape index (κ2) is 11.7. The second-order valence-corrected chi connectivity index (χ2v) is 13.5. The van der Waals surface area contributed by atoms with Crippen LogP contribution in [0.3, 0.4) is 0 Å². The molecule has 47 heavy (non-hydrogen) atoms. The zero-order chi connectivity index (χ0) is 32.1. The van der Waals surface area contributed by atoms with Gasteiger partial charge in [-0.2, -0.15) is 0 Å². The SMILES string of the molecule is Cc1ccc2ccccc2c1C1(c2ccccc2)OCC(C)(Cc2cccc3c(C4(c5ccccc5)OCCO4)c(C)ccc23)CO1. The Morgan fingerprint density at radius 2 is 1.02 bits per heavy atom. The van der Waals surface area contributed by atoms with Gasteiger partial charge in [0.15, 0.2) is 0 Å². The zero-order valence-electron chi connectivity index (χ0n) is 27.3. The summed E-state index contributed by atoms with van der Waals surface area (Å²) in [6.45, 7) is 8.77. The summed E-state index contributed by atoms with van der Waals surface area (Å²) in [5, 5.41) is 4.68. The van der Waals surface area contributed by atoms with Crippen LogP contribution in [0.25, 0.3) is 21.5 Å². The van der Waals surface area contributed by atoms with Gasteiger partial charge >= 0.3 is 0 Å². The van der Waals surface area contributed by atoms with E-state index >= 15 is 0 Å². The van der Waals surface area contributed by atoms with Crippen molar-refractivity contribution in [2.24, 2.45) is 5.41 Å². The molecule has 4 heteroatoms. The molecule has 6 aromatic carbocycles. The van der Waals surface area contributed by atoms with E-state index in [4.69, 9.17) is 18.9 Å². The quantitative estimate of drug-likeness (QED) is 0.186. The van der Waals surface area contributed by atoms with Gasteiger partial charge in [-0.3, -0.25) is 0 Å². The van der Waals surface area contributed by atoms with Crippen LogP contribution in [-0.2, 0) is 36.9 Å². The highest BCUT2D eigenvalue weighted by Crippen LogP contribution is 2.48. The van der Waals surface area contributed by atoms with Gasteiger partial charge < -0.3 is 18.9 Å². The van der Waals surface area contributed by atoms with Gasteiger partial charge in [-0.1, -0.05) is 134 Å². The molecule has 0 amide bonds. The predicted octanol–water partition coefficient (Wildman–Crippen LogP) is 9.35. The summed E-state index contributed by atoms with van der Waals surface area (Å²) in [7, 11) is 0. The first-order valence-corrected chi connectivity index (χ1v) is 16.6. The van der Waals surface area contributed by atoms with Gasteiger partial charge in [-0.15, -0.1) is 0 Å². The van der Waals surface area contributed by atoms with Crippen molar-refractivity contribution in [1.82, 2.24) is 0 Å². The standard InChI is InChI=1S/C43H40O4/c1-30-21-23-32-13-10-11-19-37(32)39(30)43(35-17-8-5-9-18-35)46-28-41(3,29-47-43)27-33-14-12-20-38-36(33)24-22-31(2)40(38)42(44-25-26-45-42)34-15-6-4-7-16-34/h4-24H,25-29H2,1-3H3. The van der Waals surface area contributed by atoms with Crippen molar-refractivity contribution in [1.29, 1.82) is 0 Å². The zero-order valence-corrected chi connectivity index (χ0v) is 27.3. The molecule has 0 N–H and O–H groups in total. The number of rotatable bonds is 6. The van der Waals surface area contributed by atoms with E-state index in [0.29, 0.717) is 26.4 Å². The first-order chi connectivity index (χ1) is 22.9. The van der Waals surface area contributed by atoms with Crippen LogP contribution < -0.4 is 0 Å². The summed E-state index contributed by atoms with van der Waals surface area (Å²) in [5.41, 5.74) is 7.48. The Kier molecular flexibility index (Phi) is 7.50. The molecular weight excluding hydrogens is 580 g/mol. The highest BCUT2D eigenvalue weighted by atomic mass is 16.7. The molecule has 6 aromatic rings. The number of benzene rings is 6. The Morgan fingerprint density at radius 3 is 1.68 bits per heavy atom. The second-order valence-electron chi connectivity index (χ2n) is 13.5. The largest absolute Gasteiger partial charge is 0.341 e. The van der Waals surface area contributed by atoms with Crippen LogP contribution in [0.5, 0.6) is 0 Å². The summed E-state index contributed by atoms with van der Waals surface area (Å²) < 4.78 is 27.1. The van der Waals surface area contributed by atoms with Crippen LogP contribution >= 0.6 is 0 Å². The number of hydrogen-bond acceptors (Lipinski definition) is 4. The third-order valence-corrected chi connectivity index (χ3v) is 10.0. The normalized spacial score (nSPS) is 22.5. The molecule has 0 bridgehead atoms. The smallest absolute Gasteiger partial charge is 0.223 e. The van der Waals surface area contributed by atoms with Crippen molar-refractivity contribution in [3.05, 3.63) is 166 Å². The lowest BCUT2D eigenvalue weighted by atomic mass is 9.80. The number of fused-ring (bicyclic) bond motifs is 2. The van der Waals surface area contributed by atoms with E-state index in [9.17, 15) is 0 Å². The van der Waals surface area contributed by atoms with E-state index in [2.05, 4.69) is 124 Å². The maximum atomic E-state index is 7.06. The van der Waals surface area contributed by atoms with Gasteiger partial charge in [0.2, 0.25) is 11.6 Å². The van der Waals surface area contributed by atoms with Crippen LogP contribution in [0.4, 0.5) is 0 Å². The Labute approximate surface area is 276 Å². The van der Waals surface area contributed by atoms with Gasteiger partial charge in [0, 0.05) is 27.7 Å². The highest BCUT2D eigenvalue weighted by molar-refractivity contribution is 5.91. The Bertz CT molecular complexity index is 2050. The molecule has 2 heterocycles. The maximum Gasteiger partial charge on any atom is 0.223 e. The molecular formula is C43H40O4. The number of aryl methyl sites for hydroxylation is 2. The van der Waals surface area contributed by atoms with Crippen molar-refractivity contribution in [2.45, 2.75) is 38.8 Å². The van der Waals surface area contributed by atoms with E-state index in [0.717, 1.165) is 50.6 Å². The Hall–Kier alpha value is -4.32. The van der Waals surface area contributed by atoms with Crippen LogP contribution in [0.1, 0.15) is 45.9 Å². The fourth-order valence-electron chi connectivity index (χ4n) is 7.78. The summed E-state index contributed by atoms with van der Waals surface area (Å²) >= 11 is 0. The van der Waals surface area contributed by atoms with Gasteiger partial charge in [-0.05, 0) is 58.5 Å². The molecule has 0 spiro atoms. The van der Waals surface area contributed by atoms with E-state index in [-0.39, 0.29) is 5.41 Å². The minimum atomic E-state index is -1.01. The van der Waals surface area contributed by atoms with Crippen molar-refractivity contribution in [3.63, 3.8) is 0 Å². The summed E-state index contributed by atoms with van der Waals surface area (Å²) in [5.74, 6) is -1.94. The molecule has 236 valence electrons. The molecule has 2 fully saturated rings. The fraction of sp³-hybridized carbons (Fsp3) is 0.256. The maximum absolute atomic E-state index is 7.06. The van der Waals surface area contributed by atoms with Gasteiger partial charge in [0.25, 0.3) is 0 Å². The molecule has 0 aromatic heterocycles. The lowest BCUT2D eigenvalue weighted by Gasteiger charge is -2.46. The van der Waals surface area contributed by atoms with E-state index in [1.54, 1.807) is 0 Å². The summed E-state index contributed by atoms with van der Waals surface area (Å²) in [6, 6.07) is 44.7. The van der Waals surface area contributed by atoms with Crippen molar-refractivity contribution in [2.75, 3.05) is 26.4 Å². The van der Waals surface area contributed by atoms with E-state index in [1.165, 1.54) is 16.3 Å². The highest BCUT2D eigenvalue weighted by Gasteiger charge is 2.47. The van der Waals surface area contributed by atoms with Gasteiger partial charge in [0.05, 0.1) is 26.4 Å². The molecule has 0 radical (unpaired) electrons. The van der Waals surface area contributed by atoms with Crippen LogP contribution in [0.15, 0.2) is 127 Å². The third kappa shape index (κ3) is 4.99. The molecule has 2 aliphatic rings. The van der Waals surface area contributed by atoms with E-state index < -0.39 is 11.6 Å². The van der Waals surface area contributed by atoms with Crippen LogP contribution in [-0.4, -0.2) is 26.4 Å². The lowest BCUT2D eigenvalue weighted by molar-refractivity contribution is -0.286. The molecule has 2 saturated heterocycles. The van der Waals surface area contributed by atoms with Crippen molar-refractivity contribution in [3.8, 4) is 0 Å². The molecule has 8 rings (SSSR count). The average Bonchev–Trinajstić information content (AvgIpc) is 3.60. The summed E-state index contributed by atoms with van der Waals surface area (Å²) in [4.78, 5) is 0. The number of ether oxygens (including phenoxy) is 4. The fourth-order valence-corrected chi connectivity index (χ4v) is 7.78. The predicted molar refractivity (Wildman–Crippen MR) is 187 cm³/mol. The van der Waals surface area contributed by atoms with Gasteiger partial charge in [-0.25, -0.2) is 0 Å². The monoisotopic (exact) mass is 620 g/mol. The first kappa shape index (κ1) is 30.0. The summed E-state index contributed by atoms with van der Waals surface area (Å²) in [6.07, 6.45) is 0.798. The molecule has 0 aliphatic carbocycles. The topological polar surface area (TPSA) is 36.9 Å². The molecule has 2 aliphatic heterocycles. The van der Waals surface area contributed by atoms with Crippen molar-refractivity contribution >= 4 is 21.5 Å². The minimum absolute atomic E-state index is 0.256.